The van der Waals surface area contributed by atoms with Gasteiger partial charge in [-0.15, -0.1) is 11.8 Å². The third-order valence-corrected chi connectivity index (χ3v) is 3.56. The fourth-order valence-corrected chi connectivity index (χ4v) is 2.69. The molecule has 2 N–H and O–H groups in total. The van der Waals surface area contributed by atoms with Crippen molar-refractivity contribution in [3.63, 3.8) is 0 Å². The van der Waals surface area contributed by atoms with Gasteiger partial charge in [0, 0.05) is 23.7 Å². The smallest absolute Gasteiger partial charge is 0.232 e. The van der Waals surface area contributed by atoms with Gasteiger partial charge in [-0.1, -0.05) is 13.8 Å². The van der Waals surface area contributed by atoms with Crippen molar-refractivity contribution in [1.29, 1.82) is 0 Å². The van der Waals surface area contributed by atoms with Gasteiger partial charge in [0.25, 0.3) is 0 Å². The summed E-state index contributed by atoms with van der Waals surface area (Å²) in [6.07, 6.45) is 1.90. The van der Waals surface area contributed by atoms with Crippen LogP contribution in [0.25, 0.3) is 0 Å². The second-order valence-electron chi connectivity index (χ2n) is 4.39. The topological polar surface area (TPSA) is 46.3 Å². The predicted octanol–water partition coefficient (Wildman–Crippen LogP) is 3.15. The van der Waals surface area contributed by atoms with Gasteiger partial charge in [-0.3, -0.25) is 4.79 Å². The minimum atomic E-state index is -0.367. The molecule has 0 aromatic heterocycles. The van der Waals surface area contributed by atoms with Gasteiger partial charge in [0.15, 0.2) is 0 Å². The van der Waals surface area contributed by atoms with Crippen LogP contribution in [0.3, 0.4) is 0 Å². The van der Waals surface area contributed by atoms with E-state index in [2.05, 4.69) is 13.8 Å². The number of nitrogens with two attached hydrogens (primary N) is 1. The molecule has 1 amide bonds. The van der Waals surface area contributed by atoms with Crippen LogP contribution in [0.4, 0.5) is 10.1 Å². The molecule has 0 fully saturated rings. The molecular weight excluding hydrogens is 263 g/mol. The molecular formula is C14H21FN2OS. The normalized spacial score (nSPS) is 10.5. The highest BCUT2D eigenvalue weighted by Crippen LogP contribution is 2.22. The number of thioether (sulfide) groups is 1. The summed E-state index contributed by atoms with van der Waals surface area (Å²) < 4.78 is 13.2. The van der Waals surface area contributed by atoms with E-state index in [-0.39, 0.29) is 11.7 Å². The van der Waals surface area contributed by atoms with E-state index in [1.165, 1.54) is 23.9 Å². The summed E-state index contributed by atoms with van der Waals surface area (Å²) in [5.41, 5.74) is 5.96. The lowest BCUT2D eigenvalue weighted by Gasteiger charge is -2.21. The van der Waals surface area contributed by atoms with Crippen molar-refractivity contribution >= 4 is 23.4 Å². The Kier molecular flexibility index (Phi) is 6.70. The van der Waals surface area contributed by atoms with Gasteiger partial charge in [-0.2, -0.15) is 0 Å². The van der Waals surface area contributed by atoms with E-state index in [1.807, 2.05) is 4.90 Å². The first kappa shape index (κ1) is 15.8. The Labute approximate surface area is 118 Å². The van der Waals surface area contributed by atoms with Gasteiger partial charge in [-0.05, 0) is 31.0 Å². The van der Waals surface area contributed by atoms with Crippen molar-refractivity contribution < 1.29 is 9.18 Å². The largest absolute Gasteiger partial charge is 0.399 e. The molecule has 1 rings (SSSR count). The molecule has 0 saturated carbocycles. The lowest BCUT2D eigenvalue weighted by Crippen LogP contribution is -2.33. The van der Waals surface area contributed by atoms with Crippen LogP contribution in [0.2, 0.25) is 0 Å². The van der Waals surface area contributed by atoms with Crippen molar-refractivity contribution in [1.82, 2.24) is 4.90 Å². The minimum Gasteiger partial charge on any atom is -0.399 e. The number of carbonyl (C=O) groups excluding carboxylic acids is 1. The van der Waals surface area contributed by atoms with Crippen LogP contribution in [0.15, 0.2) is 23.1 Å². The Morgan fingerprint density at radius 3 is 2.42 bits per heavy atom. The summed E-state index contributed by atoms with van der Waals surface area (Å²) in [5.74, 6) is 0.0496. The number of rotatable bonds is 7. The summed E-state index contributed by atoms with van der Waals surface area (Å²) in [7, 11) is 0. The zero-order valence-corrected chi connectivity index (χ0v) is 12.3. The molecule has 1 aromatic carbocycles. The maximum atomic E-state index is 13.2. The molecule has 0 bridgehead atoms. The molecule has 0 radical (unpaired) electrons. The Morgan fingerprint density at radius 1 is 1.26 bits per heavy atom. The monoisotopic (exact) mass is 284 g/mol. The van der Waals surface area contributed by atoms with Crippen molar-refractivity contribution in [2.75, 3.05) is 24.6 Å². The van der Waals surface area contributed by atoms with E-state index in [0.717, 1.165) is 25.9 Å². The molecule has 0 aliphatic heterocycles. The van der Waals surface area contributed by atoms with Crippen LogP contribution in [-0.2, 0) is 4.79 Å². The number of halogens is 1. The Balaban J connectivity index is 2.56. The van der Waals surface area contributed by atoms with E-state index in [4.69, 9.17) is 5.73 Å². The van der Waals surface area contributed by atoms with Crippen LogP contribution in [-0.4, -0.2) is 29.6 Å². The number of hydrogen-bond acceptors (Lipinski definition) is 3. The molecule has 0 spiro atoms. The highest BCUT2D eigenvalue weighted by Gasteiger charge is 2.12. The van der Waals surface area contributed by atoms with Crippen molar-refractivity contribution in [3.8, 4) is 0 Å². The highest BCUT2D eigenvalue weighted by atomic mass is 32.2. The number of amides is 1. The lowest BCUT2D eigenvalue weighted by atomic mass is 10.3. The van der Waals surface area contributed by atoms with Crippen LogP contribution in [0.5, 0.6) is 0 Å². The first-order valence-corrected chi connectivity index (χ1v) is 7.52. The molecule has 5 heteroatoms. The summed E-state index contributed by atoms with van der Waals surface area (Å²) in [4.78, 5) is 14.6. The molecule has 0 aliphatic rings. The Hall–Kier alpha value is -1.23. The number of hydrogen-bond donors (Lipinski definition) is 1. The second kappa shape index (κ2) is 8.04. The zero-order valence-electron chi connectivity index (χ0n) is 11.5. The summed E-state index contributed by atoms with van der Waals surface area (Å²) >= 11 is 1.33. The van der Waals surface area contributed by atoms with Crippen LogP contribution >= 0.6 is 11.8 Å². The molecule has 0 aliphatic carbocycles. The lowest BCUT2D eigenvalue weighted by molar-refractivity contribution is -0.128. The molecule has 19 heavy (non-hydrogen) atoms. The number of nitrogen functional groups attached to an aromatic ring is 1. The number of benzene rings is 1. The average molecular weight is 284 g/mol. The quantitative estimate of drug-likeness (QED) is 0.618. The summed E-state index contributed by atoms with van der Waals surface area (Å²) in [6.45, 7) is 5.66. The maximum Gasteiger partial charge on any atom is 0.232 e. The summed E-state index contributed by atoms with van der Waals surface area (Å²) in [6, 6.07) is 4.36. The Bertz CT molecular complexity index is 400. The van der Waals surface area contributed by atoms with E-state index in [0.29, 0.717) is 16.3 Å². The molecule has 0 unspecified atom stereocenters. The van der Waals surface area contributed by atoms with Crippen molar-refractivity contribution in [2.45, 2.75) is 31.6 Å². The molecule has 3 nitrogen and oxygen atoms in total. The van der Waals surface area contributed by atoms with E-state index in [9.17, 15) is 9.18 Å². The molecule has 1 aromatic rings. The van der Waals surface area contributed by atoms with E-state index < -0.39 is 0 Å². The van der Waals surface area contributed by atoms with Gasteiger partial charge in [0.05, 0.1) is 5.75 Å². The minimum absolute atomic E-state index is 0.0940. The Morgan fingerprint density at radius 2 is 1.89 bits per heavy atom. The van der Waals surface area contributed by atoms with Crippen LogP contribution in [0.1, 0.15) is 26.7 Å². The third kappa shape index (κ3) is 5.51. The van der Waals surface area contributed by atoms with Gasteiger partial charge < -0.3 is 10.6 Å². The standard InChI is InChI=1S/C14H21FN2OS/c1-3-5-17(6-4-2)14(18)10-19-13-8-11(15)7-12(16)9-13/h7-9H,3-6,10,16H2,1-2H3. The first-order chi connectivity index (χ1) is 9.06. The predicted molar refractivity (Wildman–Crippen MR) is 78.7 cm³/mol. The highest BCUT2D eigenvalue weighted by molar-refractivity contribution is 8.00. The number of anilines is 1. The number of carbonyl (C=O) groups is 1. The fraction of sp³-hybridized carbons (Fsp3) is 0.500. The van der Waals surface area contributed by atoms with Gasteiger partial charge >= 0.3 is 0 Å². The molecule has 106 valence electrons. The fourth-order valence-electron chi connectivity index (χ4n) is 1.81. The van der Waals surface area contributed by atoms with Gasteiger partial charge in [0.1, 0.15) is 5.82 Å². The molecule has 0 heterocycles. The molecule has 0 saturated heterocycles. The second-order valence-corrected chi connectivity index (χ2v) is 5.44. The number of nitrogens with zero attached hydrogens (tertiary/aromatic N) is 1. The van der Waals surface area contributed by atoms with Crippen molar-refractivity contribution in [2.24, 2.45) is 0 Å². The first-order valence-electron chi connectivity index (χ1n) is 6.53. The maximum absolute atomic E-state index is 13.2. The van der Waals surface area contributed by atoms with E-state index in [1.54, 1.807) is 6.07 Å². The van der Waals surface area contributed by atoms with Crippen molar-refractivity contribution in [3.05, 3.63) is 24.0 Å². The summed E-state index contributed by atoms with van der Waals surface area (Å²) in [5, 5.41) is 0. The third-order valence-electron chi connectivity index (χ3n) is 2.60. The van der Waals surface area contributed by atoms with E-state index >= 15 is 0 Å². The molecule has 0 atom stereocenters. The van der Waals surface area contributed by atoms with Crippen LogP contribution in [0, 0.1) is 5.82 Å². The SMILES string of the molecule is CCCN(CCC)C(=O)CSc1cc(N)cc(F)c1. The average Bonchev–Trinajstić information content (AvgIpc) is 2.34. The zero-order chi connectivity index (χ0) is 14.3. The van der Waals surface area contributed by atoms with Gasteiger partial charge in [0.2, 0.25) is 5.91 Å². The van der Waals surface area contributed by atoms with Crippen LogP contribution < -0.4 is 5.73 Å². The van der Waals surface area contributed by atoms with Gasteiger partial charge in [-0.25, -0.2) is 4.39 Å².